The molecule has 3 aromatic rings. The topological polar surface area (TPSA) is 0 Å². The molecule has 0 aliphatic carbocycles. The molecule has 0 amide bonds. The van der Waals surface area contributed by atoms with E-state index >= 15 is 0 Å². The van der Waals surface area contributed by atoms with E-state index in [9.17, 15) is 70.2 Å². The zero-order valence-corrected chi connectivity index (χ0v) is 15.2. The first-order valence-electron chi connectivity index (χ1n) is 8.18. The molecule has 0 saturated carbocycles. The van der Waals surface area contributed by atoms with Crippen molar-refractivity contribution in [1.29, 1.82) is 0 Å². The highest BCUT2D eigenvalue weighted by Gasteiger charge is 2.51. The molecule has 0 nitrogen and oxygen atoms in total. The molecule has 0 bridgehead atoms. The Hall–Kier alpha value is -2.94. The van der Waals surface area contributed by atoms with Crippen molar-refractivity contribution in [3.8, 4) is 0 Å². The molecular weight excluding hydrogens is 520 g/mol. The van der Waals surface area contributed by atoms with Gasteiger partial charge in [-0.25, -0.2) is 17.6 Å². The Kier molecular flexibility index (Phi) is 5.50. The summed E-state index contributed by atoms with van der Waals surface area (Å²) in [5.74, 6) is -12.7. The van der Waals surface area contributed by atoms with Crippen molar-refractivity contribution in [3.05, 3.63) is 57.7 Å². The van der Waals surface area contributed by atoms with Crippen LogP contribution < -0.4 is 0 Å². The van der Waals surface area contributed by atoms with Crippen LogP contribution in [0.4, 0.5) is 70.2 Å². The van der Waals surface area contributed by atoms with Crippen LogP contribution in [0.2, 0.25) is 0 Å². The minimum absolute atomic E-state index is 0.328. The van der Waals surface area contributed by atoms with Crippen LogP contribution in [0.25, 0.3) is 21.5 Å². The minimum Gasteiger partial charge on any atom is -0.203 e. The third-order valence-electron chi connectivity index (χ3n) is 4.64. The van der Waals surface area contributed by atoms with E-state index in [-0.39, 0.29) is 12.1 Å². The van der Waals surface area contributed by atoms with Crippen LogP contribution in [-0.2, 0) is 24.7 Å². The zero-order chi connectivity index (χ0) is 26.3. The highest BCUT2D eigenvalue weighted by atomic mass is 19.4. The number of hydrogen-bond acceptors (Lipinski definition) is 0. The lowest BCUT2D eigenvalue weighted by atomic mass is 9.89. The second kappa shape index (κ2) is 7.28. The van der Waals surface area contributed by atoms with E-state index in [4.69, 9.17) is 0 Å². The Morgan fingerprint density at radius 1 is 0.353 bits per heavy atom. The summed E-state index contributed by atoms with van der Waals surface area (Å²) >= 11 is 0. The molecule has 3 aromatic carbocycles. The van der Waals surface area contributed by atoms with Crippen LogP contribution in [0.5, 0.6) is 0 Å². The van der Waals surface area contributed by atoms with E-state index in [1.165, 1.54) is 0 Å². The normalized spacial score (nSPS) is 13.9. The smallest absolute Gasteiger partial charge is 0.203 e. The predicted octanol–water partition coefficient (Wildman–Crippen LogP) is 8.62. The van der Waals surface area contributed by atoms with Gasteiger partial charge < -0.3 is 0 Å². The molecular formula is C18H2F16. The summed E-state index contributed by atoms with van der Waals surface area (Å²) in [6.07, 6.45) is -24.8. The average molecular weight is 522 g/mol. The lowest BCUT2D eigenvalue weighted by Crippen LogP contribution is -2.22. The van der Waals surface area contributed by atoms with Gasteiger partial charge in [0.25, 0.3) is 0 Å². The maximum absolute atomic E-state index is 14.5. The lowest BCUT2D eigenvalue weighted by molar-refractivity contribution is -0.163. The van der Waals surface area contributed by atoms with Crippen LogP contribution >= 0.6 is 0 Å². The lowest BCUT2D eigenvalue weighted by Gasteiger charge is -2.23. The van der Waals surface area contributed by atoms with Crippen molar-refractivity contribution in [2.24, 2.45) is 0 Å². The van der Waals surface area contributed by atoms with Gasteiger partial charge in [0.05, 0.1) is 11.1 Å². The first-order valence-corrected chi connectivity index (χ1v) is 8.18. The van der Waals surface area contributed by atoms with Gasteiger partial charge in [-0.2, -0.15) is 52.7 Å². The number of rotatable bonds is 0. The maximum Gasteiger partial charge on any atom is 0.419 e. The molecule has 0 aliphatic heterocycles. The van der Waals surface area contributed by atoms with Gasteiger partial charge in [-0.1, -0.05) is 12.1 Å². The molecule has 0 fully saturated rings. The highest BCUT2D eigenvalue weighted by Crippen LogP contribution is 2.51. The van der Waals surface area contributed by atoms with Crippen molar-refractivity contribution < 1.29 is 70.2 Å². The number of benzene rings is 3. The van der Waals surface area contributed by atoms with Crippen molar-refractivity contribution in [3.63, 3.8) is 0 Å². The number of alkyl halides is 12. The van der Waals surface area contributed by atoms with Crippen molar-refractivity contribution in [1.82, 2.24) is 0 Å². The van der Waals surface area contributed by atoms with Crippen LogP contribution in [0.3, 0.4) is 0 Å². The van der Waals surface area contributed by atoms with Gasteiger partial charge in [0.15, 0.2) is 23.3 Å². The number of hydrogen-bond donors (Lipinski definition) is 0. The van der Waals surface area contributed by atoms with Gasteiger partial charge in [0, 0.05) is 10.8 Å². The molecule has 0 aliphatic rings. The molecule has 0 atom stereocenters. The van der Waals surface area contributed by atoms with E-state index in [1.807, 2.05) is 0 Å². The van der Waals surface area contributed by atoms with Crippen LogP contribution in [-0.4, -0.2) is 0 Å². The van der Waals surface area contributed by atoms with Gasteiger partial charge in [-0.3, -0.25) is 0 Å². The molecule has 186 valence electrons. The second-order valence-electron chi connectivity index (χ2n) is 6.66. The standard InChI is InChI=1S/C18H2F16/c19-11-5-3(7(15(23,24)25)9(13(11)21)17(29,30)31)1-2-4-6(5)12(20)14(22)10(18(32,33)34)8(4)16(26,27)28/h1-2H. The largest absolute Gasteiger partial charge is 0.419 e. The summed E-state index contributed by atoms with van der Waals surface area (Å²) in [4.78, 5) is 0. The summed E-state index contributed by atoms with van der Waals surface area (Å²) in [7, 11) is 0. The van der Waals surface area contributed by atoms with Gasteiger partial charge in [0.2, 0.25) is 0 Å². The average Bonchev–Trinajstić information content (AvgIpc) is 2.62. The molecule has 0 saturated heterocycles. The summed E-state index contributed by atoms with van der Waals surface area (Å²) in [5, 5.41) is -8.69. The monoisotopic (exact) mass is 522 g/mol. The van der Waals surface area contributed by atoms with E-state index < -0.39 is 91.8 Å². The summed E-state index contributed by atoms with van der Waals surface area (Å²) in [6.45, 7) is 0. The Morgan fingerprint density at radius 2 is 0.588 bits per heavy atom. The molecule has 0 spiro atoms. The van der Waals surface area contributed by atoms with Crippen molar-refractivity contribution in [2.75, 3.05) is 0 Å². The van der Waals surface area contributed by atoms with E-state index in [0.29, 0.717) is 0 Å². The van der Waals surface area contributed by atoms with Crippen molar-refractivity contribution >= 4 is 21.5 Å². The molecule has 0 unspecified atom stereocenters. The molecule has 16 heteroatoms. The molecule has 0 radical (unpaired) electrons. The quantitative estimate of drug-likeness (QED) is 0.205. The Bertz CT molecular complexity index is 1220. The maximum atomic E-state index is 14.5. The molecule has 0 aromatic heterocycles. The Morgan fingerprint density at radius 3 is 0.794 bits per heavy atom. The molecule has 34 heavy (non-hydrogen) atoms. The molecule has 0 heterocycles. The van der Waals surface area contributed by atoms with Gasteiger partial charge in [-0.15, -0.1) is 0 Å². The first kappa shape index (κ1) is 25.7. The Labute approximate surface area is 175 Å². The van der Waals surface area contributed by atoms with Crippen molar-refractivity contribution in [2.45, 2.75) is 24.7 Å². The van der Waals surface area contributed by atoms with Crippen LogP contribution in [0.1, 0.15) is 22.3 Å². The summed E-state index contributed by atoms with van der Waals surface area (Å²) in [6, 6.07) is -0.657. The minimum atomic E-state index is -6.24. The van der Waals surface area contributed by atoms with Crippen LogP contribution in [0.15, 0.2) is 12.1 Å². The van der Waals surface area contributed by atoms with E-state index in [0.717, 1.165) is 0 Å². The first-order chi connectivity index (χ1) is 15.1. The SMILES string of the molecule is Fc1c(C(F)(F)F)c(C(F)(F)F)c2ccc3c(C(F)(F)F)c(C(F)(F)F)c(F)c(F)c3c2c1F. The summed E-state index contributed by atoms with van der Waals surface area (Å²) < 4.78 is 216. The van der Waals surface area contributed by atoms with Gasteiger partial charge in [-0.05, 0) is 10.8 Å². The molecule has 0 N–H and O–H groups in total. The summed E-state index contributed by atoms with van der Waals surface area (Å²) in [5.41, 5.74) is -12.5. The third-order valence-corrected chi connectivity index (χ3v) is 4.64. The fourth-order valence-corrected chi connectivity index (χ4v) is 3.52. The van der Waals surface area contributed by atoms with E-state index in [2.05, 4.69) is 0 Å². The zero-order valence-electron chi connectivity index (χ0n) is 15.2. The highest BCUT2D eigenvalue weighted by molar-refractivity contribution is 6.11. The number of fused-ring (bicyclic) bond motifs is 3. The van der Waals surface area contributed by atoms with Gasteiger partial charge >= 0.3 is 24.7 Å². The third kappa shape index (κ3) is 3.76. The van der Waals surface area contributed by atoms with E-state index in [1.54, 1.807) is 0 Å². The fraction of sp³-hybridized carbons (Fsp3) is 0.222. The van der Waals surface area contributed by atoms with Gasteiger partial charge in [0.1, 0.15) is 11.1 Å². The number of halogens is 16. The second-order valence-corrected chi connectivity index (χ2v) is 6.66. The fourth-order valence-electron chi connectivity index (χ4n) is 3.52. The molecule has 3 rings (SSSR count). The van der Waals surface area contributed by atoms with Crippen LogP contribution in [0, 0.1) is 23.3 Å². The Balaban J connectivity index is 2.81. The predicted molar refractivity (Wildman–Crippen MR) is 81.3 cm³/mol.